The Hall–Kier alpha value is -4.30. The summed E-state index contributed by atoms with van der Waals surface area (Å²) in [6.07, 6.45) is 0. The summed E-state index contributed by atoms with van der Waals surface area (Å²) in [5.41, 5.74) is 8.48. The number of H-pyrrole nitrogens is 1. The Morgan fingerprint density at radius 3 is 2.12 bits per heavy atom. The average molecular weight is 409 g/mol. The molecule has 0 radical (unpaired) electrons. The molecule has 7 aromatic rings. The molecule has 0 aliphatic heterocycles. The van der Waals surface area contributed by atoms with Gasteiger partial charge in [0.25, 0.3) is 0 Å². The third-order valence-electron chi connectivity index (χ3n) is 6.53. The van der Waals surface area contributed by atoms with Crippen LogP contribution in [0.4, 0.5) is 0 Å². The molecule has 1 N–H and O–H groups in total. The van der Waals surface area contributed by atoms with Crippen LogP contribution in [0.25, 0.3) is 60.4 Å². The van der Waals surface area contributed by atoms with Crippen molar-refractivity contribution >= 4 is 43.6 Å². The second kappa shape index (κ2) is 6.60. The van der Waals surface area contributed by atoms with Crippen LogP contribution in [-0.2, 0) is 0 Å². The summed E-state index contributed by atoms with van der Waals surface area (Å²) >= 11 is 0. The van der Waals surface area contributed by atoms with E-state index in [1.165, 1.54) is 60.4 Å². The number of fused-ring (bicyclic) bond motifs is 6. The molecule has 2 heteroatoms. The molecule has 0 spiro atoms. The Kier molecular flexibility index (Phi) is 3.58. The number of hydrogen-bond donors (Lipinski definition) is 1. The molecule has 0 saturated carbocycles. The molecule has 0 aliphatic rings. The molecule has 0 unspecified atom stereocenters. The van der Waals surface area contributed by atoms with Crippen molar-refractivity contribution in [2.24, 2.45) is 0 Å². The third-order valence-corrected chi connectivity index (χ3v) is 6.53. The highest BCUT2D eigenvalue weighted by Crippen LogP contribution is 2.38. The largest absolute Gasteiger partial charge is 0.354 e. The number of aromatic nitrogens is 2. The zero-order valence-electron chi connectivity index (χ0n) is 17.4. The van der Waals surface area contributed by atoms with E-state index >= 15 is 0 Å². The van der Waals surface area contributed by atoms with E-state index in [1.807, 2.05) is 0 Å². The number of hydrogen-bond acceptors (Lipinski definition) is 0. The van der Waals surface area contributed by atoms with E-state index in [-0.39, 0.29) is 0 Å². The summed E-state index contributed by atoms with van der Waals surface area (Å²) in [5, 5.41) is 5.11. The molecule has 0 fully saturated rings. The van der Waals surface area contributed by atoms with Crippen molar-refractivity contribution in [3.8, 4) is 16.8 Å². The lowest BCUT2D eigenvalue weighted by Crippen LogP contribution is -1.93. The van der Waals surface area contributed by atoms with Gasteiger partial charge in [-0.05, 0) is 47.5 Å². The minimum Gasteiger partial charge on any atom is -0.354 e. The van der Waals surface area contributed by atoms with Gasteiger partial charge in [0, 0.05) is 38.3 Å². The van der Waals surface area contributed by atoms with Gasteiger partial charge >= 0.3 is 0 Å². The fourth-order valence-electron chi connectivity index (χ4n) is 5.14. The summed E-state index contributed by atoms with van der Waals surface area (Å²) in [6.45, 7) is 0. The maximum absolute atomic E-state index is 3.58. The molecule has 0 bridgehead atoms. The van der Waals surface area contributed by atoms with Crippen LogP contribution < -0.4 is 0 Å². The van der Waals surface area contributed by atoms with Crippen LogP contribution >= 0.6 is 0 Å². The predicted molar refractivity (Wildman–Crippen MR) is 136 cm³/mol. The van der Waals surface area contributed by atoms with Crippen LogP contribution in [0.15, 0.2) is 115 Å². The second-order valence-electron chi connectivity index (χ2n) is 8.32. The summed E-state index contributed by atoms with van der Waals surface area (Å²) in [5.74, 6) is 0. The van der Waals surface area contributed by atoms with Crippen LogP contribution in [0.2, 0.25) is 0 Å². The molecule has 7 rings (SSSR count). The molecule has 2 heterocycles. The smallest absolute Gasteiger partial charge is 0.0547 e. The normalized spacial score (nSPS) is 11.8. The maximum Gasteiger partial charge on any atom is 0.0547 e. The molecule has 32 heavy (non-hydrogen) atoms. The lowest BCUT2D eigenvalue weighted by molar-refractivity contribution is 1.18. The number of para-hydroxylation sites is 3. The number of nitrogens with one attached hydrogen (secondary N) is 1. The summed E-state index contributed by atoms with van der Waals surface area (Å²) in [7, 11) is 0. The van der Waals surface area contributed by atoms with Gasteiger partial charge < -0.3 is 9.55 Å². The average Bonchev–Trinajstić information content (AvgIpc) is 3.40. The summed E-state index contributed by atoms with van der Waals surface area (Å²) in [6, 6.07) is 41.3. The minimum atomic E-state index is 1.17. The molecular weight excluding hydrogens is 388 g/mol. The Morgan fingerprint density at radius 2 is 1.22 bits per heavy atom. The summed E-state index contributed by atoms with van der Waals surface area (Å²) < 4.78 is 2.38. The zero-order chi connectivity index (χ0) is 21.1. The van der Waals surface area contributed by atoms with E-state index < -0.39 is 0 Å². The lowest BCUT2D eigenvalue weighted by Gasteiger charge is -2.09. The van der Waals surface area contributed by atoms with Gasteiger partial charge in [0.1, 0.15) is 0 Å². The first-order valence-corrected chi connectivity index (χ1v) is 11.0. The van der Waals surface area contributed by atoms with Crippen molar-refractivity contribution in [1.82, 2.24) is 9.55 Å². The predicted octanol–water partition coefficient (Wildman–Crippen LogP) is 8.09. The topological polar surface area (TPSA) is 20.7 Å². The van der Waals surface area contributed by atoms with Crippen molar-refractivity contribution in [2.45, 2.75) is 0 Å². The van der Waals surface area contributed by atoms with E-state index in [2.05, 4.69) is 125 Å². The van der Waals surface area contributed by atoms with Gasteiger partial charge in [-0.2, -0.15) is 0 Å². The van der Waals surface area contributed by atoms with Gasteiger partial charge in [-0.15, -0.1) is 0 Å². The van der Waals surface area contributed by atoms with Crippen molar-refractivity contribution < 1.29 is 0 Å². The van der Waals surface area contributed by atoms with Gasteiger partial charge in [0.15, 0.2) is 0 Å². The van der Waals surface area contributed by atoms with Crippen molar-refractivity contribution in [3.63, 3.8) is 0 Å². The molecular formula is C30H20N2. The Bertz CT molecular complexity index is 1770. The van der Waals surface area contributed by atoms with E-state index in [1.54, 1.807) is 0 Å². The number of nitrogens with zero attached hydrogens (tertiary/aromatic N) is 1. The van der Waals surface area contributed by atoms with Gasteiger partial charge in [-0.3, -0.25) is 0 Å². The lowest BCUT2D eigenvalue weighted by atomic mass is 9.98. The molecule has 2 nitrogen and oxygen atoms in total. The highest BCUT2D eigenvalue weighted by atomic mass is 15.0. The Balaban J connectivity index is 1.58. The van der Waals surface area contributed by atoms with E-state index in [0.717, 1.165) is 0 Å². The SMILES string of the molecule is c1ccc(-n2c3ccccc3c3ccc(-c4cccc5[nH]c6ccccc6c45)cc32)cc1. The fourth-order valence-corrected chi connectivity index (χ4v) is 5.14. The first kappa shape index (κ1) is 17.4. The van der Waals surface area contributed by atoms with Crippen molar-refractivity contribution in [3.05, 3.63) is 115 Å². The van der Waals surface area contributed by atoms with Crippen LogP contribution in [0.3, 0.4) is 0 Å². The number of rotatable bonds is 2. The molecule has 0 aliphatic carbocycles. The monoisotopic (exact) mass is 408 g/mol. The molecule has 0 atom stereocenters. The molecule has 150 valence electrons. The Labute approximate surface area is 185 Å². The van der Waals surface area contributed by atoms with Gasteiger partial charge in [-0.1, -0.05) is 78.9 Å². The van der Waals surface area contributed by atoms with Crippen molar-refractivity contribution in [1.29, 1.82) is 0 Å². The molecule has 0 saturated heterocycles. The number of benzene rings is 5. The fraction of sp³-hybridized carbons (Fsp3) is 0. The summed E-state index contributed by atoms with van der Waals surface area (Å²) in [4.78, 5) is 3.58. The maximum atomic E-state index is 3.58. The van der Waals surface area contributed by atoms with Crippen LogP contribution in [0, 0.1) is 0 Å². The number of aromatic amines is 1. The van der Waals surface area contributed by atoms with Gasteiger partial charge in [0.05, 0.1) is 11.0 Å². The van der Waals surface area contributed by atoms with Crippen LogP contribution in [0.5, 0.6) is 0 Å². The van der Waals surface area contributed by atoms with Gasteiger partial charge in [0.2, 0.25) is 0 Å². The third kappa shape index (κ3) is 2.41. The highest BCUT2D eigenvalue weighted by Gasteiger charge is 2.15. The van der Waals surface area contributed by atoms with Gasteiger partial charge in [-0.25, -0.2) is 0 Å². The molecule has 5 aromatic carbocycles. The zero-order valence-corrected chi connectivity index (χ0v) is 17.4. The standard InChI is InChI=1S/C30H20N2/c1-2-9-21(10-3-1)32-28-16-7-5-11-23(28)24-18-17-20(19-29(24)32)22-13-8-15-27-30(22)25-12-4-6-14-26(25)31-27/h1-19,31H. The molecule has 2 aromatic heterocycles. The quantitative estimate of drug-likeness (QED) is 0.298. The van der Waals surface area contributed by atoms with E-state index in [9.17, 15) is 0 Å². The van der Waals surface area contributed by atoms with Crippen LogP contribution in [0.1, 0.15) is 0 Å². The first-order chi connectivity index (χ1) is 15.9. The van der Waals surface area contributed by atoms with E-state index in [0.29, 0.717) is 0 Å². The van der Waals surface area contributed by atoms with E-state index in [4.69, 9.17) is 0 Å². The second-order valence-corrected chi connectivity index (χ2v) is 8.32. The molecule has 0 amide bonds. The first-order valence-electron chi connectivity index (χ1n) is 11.0. The minimum absolute atomic E-state index is 1.17. The van der Waals surface area contributed by atoms with Crippen molar-refractivity contribution in [2.75, 3.05) is 0 Å². The van der Waals surface area contributed by atoms with Crippen LogP contribution in [-0.4, -0.2) is 9.55 Å². The Morgan fingerprint density at radius 1 is 0.500 bits per heavy atom. The highest BCUT2D eigenvalue weighted by molar-refractivity contribution is 6.15.